The summed E-state index contributed by atoms with van der Waals surface area (Å²) in [7, 11) is 0. The standard InChI is InChI=1S/C18H22Cl2N4O/c1-13-18(20)14(2)24(21-13)12-17(25)23-9-7-22(8-10-23)11-15-5-3-4-6-16(15)19/h3-6H,7-12H2,1-2H3. The molecule has 2 aromatic rings. The molecule has 25 heavy (non-hydrogen) atoms. The summed E-state index contributed by atoms with van der Waals surface area (Å²) in [4.78, 5) is 16.8. The fourth-order valence-corrected chi connectivity index (χ4v) is 3.41. The first-order chi connectivity index (χ1) is 12.0. The molecule has 1 aromatic carbocycles. The number of aryl methyl sites for hydroxylation is 1. The lowest BCUT2D eigenvalue weighted by atomic mass is 10.2. The quantitative estimate of drug-likeness (QED) is 0.817. The molecule has 1 aliphatic rings. The van der Waals surface area contributed by atoms with Crippen LogP contribution in [0.5, 0.6) is 0 Å². The van der Waals surface area contributed by atoms with E-state index in [0.29, 0.717) is 5.02 Å². The highest BCUT2D eigenvalue weighted by molar-refractivity contribution is 6.32. The van der Waals surface area contributed by atoms with E-state index < -0.39 is 0 Å². The highest BCUT2D eigenvalue weighted by Crippen LogP contribution is 2.20. The van der Waals surface area contributed by atoms with Crippen molar-refractivity contribution in [1.82, 2.24) is 19.6 Å². The number of aromatic nitrogens is 2. The zero-order chi connectivity index (χ0) is 18.0. The highest BCUT2D eigenvalue weighted by Gasteiger charge is 2.23. The first-order valence-corrected chi connectivity index (χ1v) is 9.14. The van der Waals surface area contributed by atoms with Gasteiger partial charge in [-0.3, -0.25) is 14.4 Å². The monoisotopic (exact) mass is 380 g/mol. The van der Waals surface area contributed by atoms with E-state index in [0.717, 1.165) is 54.7 Å². The average Bonchev–Trinajstić information content (AvgIpc) is 2.84. The zero-order valence-corrected chi connectivity index (χ0v) is 16.0. The molecule has 134 valence electrons. The number of carbonyl (C=O) groups excluding carboxylic acids is 1. The van der Waals surface area contributed by atoms with E-state index in [1.54, 1.807) is 4.68 Å². The van der Waals surface area contributed by atoms with Crippen LogP contribution in [-0.2, 0) is 17.9 Å². The number of benzene rings is 1. The highest BCUT2D eigenvalue weighted by atomic mass is 35.5. The smallest absolute Gasteiger partial charge is 0.244 e. The minimum absolute atomic E-state index is 0.0830. The molecule has 5 nitrogen and oxygen atoms in total. The fraction of sp³-hybridized carbons (Fsp3) is 0.444. The van der Waals surface area contributed by atoms with Gasteiger partial charge in [-0.2, -0.15) is 5.10 Å². The Hall–Kier alpha value is -1.56. The molecule has 1 saturated heterocycles. The average molecular weight is 381 g/mol. The molecule has 0 unspecified atom stereocenters. The Morgan fingerprint density at radius 2 is 1.80 bits per heavy atom. The molecular weight excluding hydrogens is 359 g/mol. The number of piperazine rings is 1. The normalized spacial score (nSPS) is 15.6. The van der Waals surface area contributed by atoms with Crippen molar-refractivity contribution >= 4 is 29.1 Å². The molecule has 1 aliphatic heterocycles. The van der Waals surface area contributed by atoms with Crippen molar-refractivity contribution < 1.29 is 4.79 Å². The van der Waals surface area contributed by atoms with Crippen LogP contribution in [0.25, 0.3) is 0 Å². The maximum atomic E-state index is 12.5. The van der Waals surface area contributed by atoms with E-state index in [4.69, 9.17) is 23.2 Å². The summed E-state index contributed by atoms with van der Waals surface area (Å²) in [6.45, 7) is 7.91. The maximum absolute atomic E-state index is 12.5. The summed E-state index contributed by atoms with van der Waals surface area (Å²) in [5, 5.41) is 5.77. The minimum atomic E-state index is 0.0830. The summed E-state index contributed by atoms with van der Waals surface area (Å²) >= 11 is 12.4. The zero-order valence-electron chi connectivity index (χ0n) is 14.5. The third-order valence-corrected chi connectivity index (χ3v) is 5.57. The fourth-order valence-electron chi connectivity index (χ4n) is 3.08. The number of nitrogens with zero attached hydrogens (tertiary/aromatic N) is 4. The van der Waals surface area contributed by atoms with E-state index in [1.165, 1.54) is 0 Å². The second-order valence-electron chi connectivity index (χ2n) is 6.39. The van der Waals surface area contributed by atoms with Gasteiger partial charge in [0.25, 0.3) is 0 Å². The summed E-state index contributed by atoms with van der Waals surface area (Å²) in [5.74, 6) is 0.0830. The molecule has 1 amide bonds. The Bertz CT molecular complexity index is 766. The number of hydrogen-bond acceptors (Lipinski definition) is 3. The van der Waals surface area contributed by atoms with Crippen LogP contribution < -0.4 is 0 Å². The van der Waals surface area contributed by atoms with Gasteiger partial charge in [0.1, 0.15) is 6.54 Å². The maximum Gasteiger partial charge on any atom is 0.244 e. The van der Waals surface area contributed by atoms with Gasteiger partial charge in [0, 0.05) is 37.7 Å². The van der Waals surface area contributed by atoms with Gasteiger partial charge in [0.2, 0.25) is 5.91 Å². The lowest BCUT2D eigenvalue weighted by molar-refractivity contribution is -0.133. The van der Waals surface area contributed by atoms with E-state index in [1.807, 2.05) is 43.0 Å². The molecule has 0 radical (unpaired) electrons. The number of halogens is 2. The molecule has 1 aromatic heterocycles. The molecule has 0 spiro atoms. The van der Waals surface area contributed by atoms with Crippen LogP contribution in [0.1, 0.15) is 17.0 Å². The molecule has 0 aliphatic carbocycles. The molecule has 0 bridgehead atoms. The Morgan fingerprint density at radius 1 is 1.12 bits per heavy atom. The van der Waals surface area contributed by atoms with Crippen LogP contribution in [0.3, 0.4) is 0 Å². The number of amides is 1. The van der Waals surface area contributed by atoms with Gasteiger partial charge in [-0.15, -0.1) is 0 Å². The van der Waals surface area contributed by atoms with E-state index in [9.17, 15) is 4.79 Å². The van der Waals surface area contributed by atoms with Crippen LogP contribution in [-0.4, -0.2) is 51.7 Å². The van der Waals surface area contributed by atoms with Gasteiger partial charge in [-0.25, -0.2) is 0 Å². The van der Waals surface area contributed by atoms with E-state index in [2.05, 4.69) is 10.00 Å². The van der Waals surface area contributed by atoms with Crippen LogP contribution in [0.4, 0.5) is 0 Å². The van der Waals surface area contributed by atoms with Gasteiger partial charge in [0.15, 0.2) is 0 Å². The van der Waals surface area contributed by atoms with E-state index >= 15 is 0 Å². The predicted molar refractivity (Wildman–Crippen MR) is 100 cm³/mol. The van der Waals surface area contributed by atoms with Gasteiger partial charge in [-0.05, 0) is 25.5 Å². The van der Waals surface area contributed by atoms with Crippen molar-refractivity contribution in [2.75, 3.05) is 26.2 Å². The van der Waals surface area contributed by atoms with Gasteiger partial charge in [-0.1, -0.05) is 41.4 Å². The van der Waals surface area contributed by atoms with Crippen molar-refractivity contribution in [2.45, 2.75) is 26.9 Å². The molecule has 1 fully saturated rings. The van der Waals surface area contributed by atoms with Crippen molar-refractivity contribution in [2.24, 2.45) is 0 Å². The third kappa shape index (κ3) is 4.17. The topological polar surface area (TPSA) is 41.4 Å². The lowest BCUT2D eigenvalue weighted by Gasteiger charge is -2.35. The summed E-state index contributed by atoms with van der Waals surface area (Å²) in [6, 6.07) is 7.90. The van der Waals surface area contributed by atoms with Crippen LogP contribution >= 0.6 is 23.2 Å². The number of carbonyl (C=O) groups is 1. The first kappa shape index (κ1) is 18.2. The molecular formula is C18H22Cl2N4O. The molecule has 2 heterocycles. The van der Waals surface area contributed by atoms with Gasteiger partial charge < -0.3 is 4.90 Å². The number of hydrogen-bond donors (Lipinski definition) is 0. The van der Waals surface area contributed by atoms with Gasteiger partial charge in [0.05, 0.1) is 16.4 Å². The molecule has 3 rings (SSSR count). The van der Waals surface area contributed by atoms with Gasteiger partial charge >= 0.3 is 0 Å². The molecule has 0 atom stereocenters. The van der Waals surface area contributed by atoms with Crippen LogP contribution in [0.15, 0.2) is 24.3 Å². The summed E-state index contributed by atoms with van der Waals surface area (Å²) in [5.41, 5.74) is 2.72. The first-order valence-electron chi connectivity index (χ1n) is 8.38. The Morgan fingerprint density at radius 3 is 2.40 bits per heavy atom. The van der Waals surface area contributed by atoms with Crippen molar-refractivity contribution in [1.29, 1.82) is 0 Å². The Balaban J connectivity index is 1.54. The van der Waals surface area contributed by atoms with E-state index in [-0.39, 0.29) is 12.5 Å². The molecule has 7 heteroatoms. The number of rotatable bonds is 4. The largest absolute Gasteiger partial charge is 0.339 e. The minimum Gasteiger partial charge on any atom is -0.339 e. The SMILES string of the molecule is Cc1nn(CC(=O)N2CCN(Cc3ccccc3Cl)CC2)c(C)c1Cl. The third-order valence-electron chi connectivity index (χ3n) is 4.65. The summed E-state index contributed by atoms with van der Waals surface area (Å²) in [6.07, 6.45) is 0. The Kier molecular flexibility index (Phi) is 5.67. The second-order valence-corrected chi connectivity index (χ2v) is 7.18. The molecule has 0 N–H and O–H groups in total. The second kappa shape index (κ2) is 7.77. The van der Waals surface area contributed by atoms with Crippen LogP contribution in [0.2, 0.25) is 10.0 Å². The van der Waals surface area contributed by atoms with Crippen molar-refractivity contribution in [3.8, 4) is 0 Å². The van der Waals surface area contributed by atoms with Crippen LogP contribution in [0, 0.1) is 13.8 Å². The summed E-state index contributed by atoms with van der Waals surface area (Å²) < 4.78 is 1.69. The van der Waals surface area contributed by atoms with Crippen molar-refractivity contribution in [3.05, 3.63) is 51.3 Å². The Labute approximate surface area is 158 Å². The molecule has 0 saturated carbocycles. The lowest BCUT2D eigenvalue weighted by Crippen LogP contribution is -2.49. The van der Waals surface area contributed by atoms with Crippen molar-refractivity contribution in [3.63, 3.8) is 0 Å². The predicted octanol–water partition coefficient (Wildman–Crippen LogP) is 3.15.